The summed E-state index contributed by atoms with van der Waals surface area (Å²) in [5.41, 5.74) is 2.62. The van der Waals surface area contributed by atoms with Crippen molar-refractivity contribution in [3.8, 4) is 0 Å². The lowest BCUT2D eigenvalue weighted by atomic mass is 9.93. The summed E-state index contributed by atoms with van der Waals surface area (Å²) in [5.74, 6) is -10.4. The number of piperidine rings is 1. The number of rotatable bonds is 4. The molecule has 0 radical (unpaired) electrons. The predicted molar refractivity (Wildman–Crippen MR) is 152 cm³/mol. The SMILES string of the molecule is O=C(O)C(F)(F)F.O=C(O)C(F)(F)F.O=C(O)C(F)(F)F.O=C(O)C(F)(F)F.c1cncc(CN2CCO[C@@H]3CN(Cc4ccncc4)CC[C@@H]3C2)c1. The maximum atomic E-state index is 10.6. The van der Waals surface area contributed by atoms with Crippen molar-refractivity contribution in [2.24, 2.45) is 5.92 Å². The molecule has 0 aliphatic carbocycles. The fraction of sp³-hybridized carbons (Fsp3) is 0.500. The molecule has 2 atom stereocenters. The highest BCUT2D eigenvalue weighted by atomic mass is 19.4. The molecule has 0 amide bonds. The van der Waals surface area contributed by atoms with Gasteiger partial charge in [-0.05, 0) is 42.3 Å². The van der Waals surface area contributed by atoms with Crippen LogP contribution < -0.4 is 0 Å². The Balaban J connectivity index is 0.000000791. The average molecular weight is 795 g/mol. The van der Waals surface area contributed by atoms with Crippen LogP contribution in [0.5, 0.6) is 0 Å². The lowest BCUT2D eigenvalue weighted by molar-refractivity contribution is -0.193. The van der Waals surface area contributed by atoms with E-state index in [1.807, 2.05) is 30.9 Å². The minimum atomic E-state index is -5.08. The number of hydrogen-bond acceptors (Lipinski definition) is 9. The molecule has 300 valence electrons. The molecule has 4 heterocycles. The average Bonchev–Trinajstić information content (AvgIpc) is 3.23. The Hall–Kier alpha value is -4.78. The number of carboxylic acid groups (broad SMARTS) is 4. The molecule has 25 heteroatoms. The van der Waals surface area contributed by atoms with Crippen LogP contribution in [0, 0.1) is 5.92 Å². The largest absolute Gasteiger partial charge is 0.490 e. The minimum absolute atomic E-state index is 0.356. The Bertz CT molecular complexity index is 1320. The van der Waals surface area contributed by atoms with Gasteiger partial charge in [-0.3, -0.25) is 19.8 Å². The molecule has 2 aliphatic rings. The topological polar surface area (TPSA) is 191 Å². The Kier molecular flexibility index (Phi) is 19.7. The monoisotopic (exact) mass is 794 g/mol. The van der Waals surface area contributed by atoms with Gasteiger partial charge in [0, 0.05) is 63.4 Å². The molecule has 0 bridgehead atoms. The number of aliphatic carboxylic acids is 4. The maximum absolute atomic E-state index is 10.6. The Morgan fingerprint density at radius 1 is 0.623 bits per heavy atom. The number of alkyl halides is 12. The number of nitrogens with zero attached hydrogens (tertiary/aromatic N) is 4. The van der Waals surface area contributed by atoms with E-state index in [0.717, 1.165) is 45.9 Å². The van der Waals surface area contributed by atoms with Crippen molar-refractivity contribution < 1.29 is 97.0 Å². The van der Waals surface area contributed by atoms with Crippen LogP contribution in [0.1, 0.15) is 17.5 Å². The summed E-state index contributed by atoms with van der Waals surface area (Å²) >= 11 is 0. The van der Waals surface area contributed by atoms with Crippen LogP contribution in [-0.2, 0) is 37.0 Å². The van der Waals surface area contributed by atoms with Gasteiger partial charge in [0.1, 0.15) is 0 Å². The second-order valence-electron chi connectivity index (χ2n) is 10.4. The van der Waals surface area contributed by atoms with Crippen LogP contribution in [0.2, 0.25) is 0 Å². The zero-order valence-corrected chi connectivity index (χ0v) is 26.6. The van der Waals surface area contributed by atoms with Crippen molar-refractivity contribution in [1.82, 2.24) is 19.8 Å². The van der Waals surface area contributed by atoms with E-state index in [1.54, 1.807) is 0 Å². The zero-order chi connectivity index (χ0) is 41.2. The number of ether oxygens (including phenoxy) is 1. The number of hydrogen-bond donors (Lipinski definition) is 4. The molecule has 4 N–H and O–H groups in total. The van der Waals surface area contributed by atoms with E-state index in [0.29, 0.717) is 12.0 Å². The first kappa shape index (κ1) is 48.2. The lowest BCUT2D eigenvalue weighted by Crippen LogP contribution is -2.46. The number of carboxylic acids is 4. The first-order valence-electron chi connectivity index (χ1n) is 14.2. The Morgan fingerprint density at radius 2 is 1.04 bits per heavy atom. The van der Waals surface area contributed by atoms with Crippen LogP contribution in [0.25, 0.3) is 0 Å². The molecule has 2 saturated heterocycles. The molecular formula is C28H30F12N4O9. The van der Waals surface area contributed by atoms with Crippen molar-refractivity contribution in [2.75, 3.05) is 32.8 Å². The van der Waals surface area contributed by atoms with E-state index < -0.39 is 48.6 Å². The Labute approximate surface area is 290 Å². The molecule has 0 saturated carbocycles. The highest BCUT2D eigenvalue weighted by Gasteiger charge is 2.40. The fourth-order valence-corrected chi connectivity index (χ4v) is 3.97. The summed E-state index contributed by atoms with van der Waals surface area (Å²) in [4.78, 5) is 49.0. The van der Waals surface area contributed by atoms with Gasteiger partial charge in [0.25, 0.3) is 0 Å². The molecule has 13 nitrogen and oxygen atoms in total. The summed E-state index contributed by atoms with van der Waals surface area (Å²) in [7, 11) is 0. The van der Waals surface area contributed by atoms with Crippen molar-refractivity contribution in [3.63, 3.8) is 0 Å². The van der Waals surface area contributed by atoms with Crippen LogP contribution in [0.4, 0.5) is 52.7 Å². The third-order valence-corrected chi connectivity index (χ3v) is 6.27. The van der Waals surface area contributed by atoms with Crippen molar-refractivity contribution >= 4 is 23.9 Å². The van der Waals surface area contributed by atoms with Gasteiger partial charge in [-0.1, -0.05) is 6.07 Å². The zero-order valence-electron chi connectivity index (χ0n) is 26.6. The van der Waals surface area contributed by atoms with E-state index in [-0.39, 0.29) is 0 Å². The smallest absolute Gasteiger partial charge is 0.475 e. The molecule has 53 heavy (non-hydrogen) atoms. The maximum Gasteiger partial charge on any atom is 0.490 e. The quantitative estimate of drug-likeness (QED) is 0.311. The molecule has 0 unspecified atom stereocenters. The number of aromatic nitrogens is 2. The van der Waals surface area contributed by atoms with Crippen molar-refractivity contribution in [3.05, 3.63) is 60.2 Å². The van der Waals surface area contributed by atoms with Crippen LogP contribution >= 0.6 is 0 Å². The fourth-order valence-electron chi connectivity index (χ4n) is 3.97. The first-order chi connectivity index (χ1) is 24.1. The standard InChI is InChI=1S/C20H26N4O.4C2HF3O2/c1-2-18(12-22-6-1)14-24-10-11-25-20-16-23(9-5-19(20)15-24)13-17-3-7-21-8-4-17;4*3-2(4,5)1(6)7/h1-4,6-8,12,19-20H,5,9-11,13-16H2;4*(H,6,7)/t19-,20-;;;;/m1..../s1. The van der Waals surface area contributed by atoms with E-state index >= 15 is 0 Å². The highest BCUT2D eigenvalue weighted by molar-refractivity contribution is 5.74. The molecule has 2 aliphatic heterocycles. The minimum Gasteiger partial charge on any atom is -0.475 e. The molecule has 2 fully saturated rings. The van der Waals surface area contributed by atoms with Gasteiger partial charge in [0.2, 0.25) is 0 Å². The van der Waals surface area contributed by atoms with Gasteiger partial charge in [0.15, 0.2) is 0 Å². The van der Waals surface area contributed by atoms with Crippen molar-refractivity contribution in [2.45, 2.75) is 50.3 Å². The molecule has 2 aromatic rings. The third-order valence-electron chi connectivity index (χ3n) is 6.27. The summed E-state index contributed by atoms with van der Waals surface area (Å²) in [5, 5.41) is 28.5. The van der Waals surface area contributed by atoms with Gasteiger partial charge in [-0.2, -0.15) is 52.7 Å². The lowest BCUT2D eigenvalue weighted by Gasteiger charge is -2.38. The van der Waals surface area contributed by atoms with E-state index in [9.17, 15) is 52.7 Å². The van der Waals surface area contributed by atoms with Gasteiger partial charge in [0.05, 0.1) is 12.7 Å². The van der Waals surface area contributed by atoms with Gasteiger partial charge >= 0.3 is 48.6 Å². The van der Waals surface area contributed by atoms with Crippen LogP contribution in [0.3, 0.4) is 0 Å². The third kappa shape index (κ3) is 22.0. The second kappa shape index (κ2) is 21.7. The number of carbonyl (C=O) groups is 4. The second-order valence-corrected chi connectivity index (χ2v) is 10.4. The summed E-state index contributed by atoms with van der Waals surface area (Å²) < 4.78 is 133. The molecular weight excluding hydrogens is 764 g/mol. The van der Waals surface area contributed by atoms with Crippen LogP contribution in [0.15, 0.2) is 49.1 Å². The van der Waals surface area contributed by atoms with Gasteiger partial charge in [-0.25, -0.2) is 19.2 Å². The highest BCUT2D eigenvalue weighted by Crippen LogP contribution is 2.26. The Morgan fingerprint density at radius 3 is 1.43 bits per heavy atom. The summed E-state index contributed by atoms with van der Waals surface area (Å²) in [6, 6.07) is 8.39. The molecule has 0 aromatic carbocycles. The number of pyridine rings is 2. The van der Waals surface area contributed by atoms with Crippen LogP contribution in [-0.4, -0.2) is 128 Å². The number of fused-ring (bicyclic) bond motifs is 1. The number of likely N-dealkylation sites (tertiary alicyclic amines) is 1. The summed E-state index contributed by atoms with van der Waals surface area (Å²) in [6.07, 6.45) is -11.2. The molecule has 2 aromatic heterocycles. The predicted octanol–water partition coefficient (Wildman–Crippen LogP) is 4.73. The van der Waals surface area contributed by atoms with Crippen molar-refractivity contribution in [1.29, 1.82) is 0 Å². The summed E-state index contributed by atoms with van der Waals surface area (Å²) in [6.45, 7) is 7.11. The first-order valence-corrected chi connectivity index (χ1v) is 14.2. The van der Waals surface area contributed by atoms with Gasteiger partial charge < -0.3 is 25.2 Å². The number of halogens is 12. The molecule has 0 spiro atoms. The molecule has 4 rings (SSSR count). The van der Waals surface area contributed by atoms with E-state index in [4.69, 9.17) is 44.3 Å². The normalized spacial score (nSPS) is 17.9. The van der Waals surface area contributed by atoms with E-state index in [1.165, 1.54) is 17.5 Å². The van der Waals surface area contributed by atoms with Gasteiger partial charge in [-0.15, -0.1) is 0 Å². The van der Waals surface area contributed by atoms with E-state index in [2.05, 4.69) is 38.0 Å².